The van der Waals surface area contributed by atoms with Crippen molar-refractivity contribution in [1.82, 2.24) is 14.7 Å². The number of benzene rings is 1. The molecular formula is C17H21N3O5. The van der Waals surface area contributed by atoms with Crippen LogP contribution in [0.25, 0.3) is 0 Å². The standard InChI is InChI=1S/C17H21N3O5/c1-19-7-12(5-18-19)25-16-9-20(8-13(16)21)6-11-3-14(22-2)17-15(4-11)23-10-24-17/h3-5,7,13,16,21H,6,8-10H2,1-2H3/t13-,16-/m1/s1. The third kappa shape index (κ3) is 3.22. The van der Waals surface area contributed by atoms with Crippen LogP contribution in [-0.2, 0) is 13.6 Å². The van der Waals surface area contributed by atoms with E-state index >= 15 is 0 Å². The number of aliphatic hydroxyl groups excluding tert-OH is 1. The summed E-state index contributed by atoms with van der Waals surface area (Å²) < 4.78 is 23.8. The van der Waals surface area contributed by atoms with Gasteiger partial charge < -0.3 is 24.1 Å². The molecule has 0 amide bonds. The van der Waals surface area contributed by atoms with Crippen molar-refractivity contribution in [1.29, 1.82) is 0 Å². The summed E-state index contributed by atoms with van der Waals surface area (Å²) >= 11 is 0. The van der Waals surface area contributed by atoms with E-state index in [1.54, 1.807) is 24.2 Å². The molecule has 2 aromatic rings. The Labute approximate surface area is 145 Å². The second-order valence-electron chi connectivity index (χ2n) is 6.30. The van der Waals surface area contributed by atoms with Crippen molar-refractivity contribution in [2.24, 2.45) is 7.05 Å². The molecule has 2 aliphatic rings. The van der Waals surface area contributed by atoms with Gasteiger partial charge in [0.15, 0.2) is 17.2 Å². The van der Waals surface area contributed by atoms with Gasteiger partial charge in [0.1, 0.15) is 12.2 Å². The van der Waals surface area contributed by atoms with Crippen LogP contribution in [0.4, 0.5) is 0 Å². The monoisotopic (exact) mass is 347 g/mol. The summed E-state index contributed by atoms with van der Waals surface area (Å²) in [7, 11) is 3.44. The largest absolute Gasteiger partial charge is 0.493 e. The molecule has 1 aromatic heterocycles. The molecule has 0 radical (unpaired) electrons. The van der Waals surface area contributed by atoms with Gasteiger partial charge >= 0.3 is 0 Å². The summed E-state index contributed by atoms with van der Waals surface area (Å²) in [5, 5.41) is 14.4. The zero-order chi connectivity index (χ0) is 17.4. The van der Waals surface area contributed by atoms with Crippen molar-refractivity contribution in [2.45, 2.75) is 18.8 Å². The minimum Gasteiger partial charge on any atom is -0.493 e. The molecule has 1 fully saturated rings. The first-order chi connectivity index (χ1) is 12.1. The first-order valence-corrected chi connectivity index (χ1v) is 8.14. The number of hydrogen-bond donors (Lipinski definition) is 1. The van der Waals surface area contributed by atoms with E-state index < -0.39 is 6.10 Å². The number of ether oxygens (including phenoxy) is 4. The van der Waals surface area contributed by atoms with Crippen LogP contribution in [0.3, 0.4) is 0 Å². The average molecular weight is 347 g/mol. The molecular weight excluding hydrogens is 326 g/mol. The van der Waals surface area contributed by atoms with Gasteiger partial charge in [0.25, 0.3) is 0 Å². The van der Waals surface area contributed by atoms with Crippen LogP contribution >= 0.6 is 0 Å². The van der Waals surface area contributed by atoms with Gasteiger partial charge in [0.2, 0.25) is 12.5 Å². The van der Waals surface area contributed by atoms with Gasteiger partial charge in [-0.3, -0.25) is 9.58 Å². The Morgan fingerprint density at radius 2 is 2.20 bits per heavy atom. The molecule has 134 valence electrons. The number of nitrogens with zero attached hydrogens (tertiary/aromatic N) is 3. The van der Waals surface area contributed by atoms with Gasteiger partial charge in [0.05, 0.1) is 19.5 Å². The highest BCUT2D eigenvalue weighted by atomic mass is 16.7. The first kappa shape index (κ1) is 16.0. The second kappa shape index (κ2) is 6.45. The smallest absolute Gasteiger partial charge is 0.231 e. The van der Waals surface area contributed by atoms with E-state index in [1.807, 2.05) is 19.2 Å². The Bertz CT molecular complexity index is 763. The van der Waals surface area contributed by atoms with Crippen molar-refractivity contribution >= 4 is 0 Å². The quantitative estimate of drug-likeness (QED) is 0.856. The molecule has 4 rings (SSSR count). The number of aryl methyl sites for hydroxylation is 1. The van der Waals surface area contributed by atoms with E-state index in [-0.39, 0.29) is 12.9 Å². The number of β-amino-alcohol motifs (C(OH)–C–C–N with tert-alkyl or cyclic N) is 1. The zero-order valence-corrected chi connectivity index (χ0v) is 14.2. The van der Waals surface area contributed by atoms with Crippen LogP contribution < -0.4 is 18.9 Å². The molecule has 0 bridgehead atoms. The summed E-state index contributed by atoms with van der Waals surface area (Å²) in [6.07, 6.45) is 2.62. The van der Waals surface area contributed by atoms with Gasteiger partial charge in [-0.1, -0.05) is 0 Å². The number of hydrogen-bond acceptors (Lipinski definition) is 7. The van der Waals surface area contributed by atoms with E-state index in [4.69, 9.17) is 18.9 Å². The first-order valence-electron chi connectivity index (χ1n) is 8.14. The van der Waals surface area contributed by atoms with Gasteiger partial charge in [0, 0.05) is 26.7 Å². The van der Waals surface area contributed by atoms with E-state index in [9.17, 15) is 5.11 Å². The molecule has 0 aliphatic carbocycles. The molecule has 0 spiro atoms. The summed E-state index contributed by atoms with van der Waals surface area (Å²) in [5.74, 6) is 2.66. The third-order valence-electron chi connectivity index (χ3n) is 4.41. The predicted molar refractivity (Wildman–Crippen MR) is 88.0 cm³/mol. The highest BCUT2D eigenvalue weighted by molar-refractivity contribution is 5.55. The fourth-order valence-corrected chi connectivity index (χ4v) is 3.25. The second-order valence-corrected chi connectivity index (χ2v) is 6.30. The van der Waals surface area contributed by atoms with Crippen molar-refractivity contribution in [3.8, 4) is 23.0 Å². The summed E-state index contributed by atoms with van der Waals surface area (Å²) in [5.41, 5.74) is 1.04. The fourth-order valence-electron chi connectivity index (χ4n) is 3.25. The Kier molecular flexibility index (Phi) is 4.14. The molecule has 3 heterocycles. The van der Waals surface area contributed by atoms with Crippen LogP contribution in [0.2, 0.25) is 0 Å². The minimum absolute atomic E-state index is 0.207. The number of likely N-dealkylation sites (tertiary alicyclic amines) is 1. The molecule has 1 aromatic carbocycles. The van der Waals surface area contributed by atoms with Gasteiger partial charge in [-0.05, 0) is 17.7 Å². The maximum absolute atomic E-state index is 10.3. The SMILES string of the molecule is COc1cc(CN2C[C@@H](O)[C@H](Oc3cnn(C)c3)C2)cc2c1OCO2. The fraction of sp³-hybridized carbons (Fsp3) is 0.471. The Morgan fingerprint density at radius 3 is 2.96 bits per heavy atom. The highest BCUT2D eigenvalue weighted by Crippen LogP contribution is 2.42. The lowest BCUT2D eigenvalue weighted by Crippen LogP contribution is -2.29. The number of aromatic nitrogens is 2. The molecule has 2 aliphatic heterocycles. The number of methoxy groups -OCH3 is 1. The molecule has 0 unspecified atom stereocenters. The highest BCUT2D eigenvalue weighted by Gasteiger charge is 2.33. The number of fused-ring (bicyclic) bond motifs is 1. The average Bonchev–Trinajstić information content (AvgIpc) is 3.29. The van der Waals surface area contributed by atoms with Crippen LogP contribution in [0.1, 0.15) is 5.56 Å². The molecule has 8 nitrogen and oxygen atoms in total. The molecule has 1 saturated heterocycles. The lowest BCUT2D eigenvalue weighted by molar-refractivity contribution is 0.0736. The van der Waals surface area contributed by atoms with Crippen molar-refractivity contribution in [2.75, 3.05) is 27.0 Å². The van der Waals surface area contributed by atoms with E-state index in [0.29, 0.717) is 42.6 Å². The Balaban J connectivity index is 1.43. The summed E-state index contributed by atoms with van der Waals surface area (Å²) in [4.78, 5) is 2.14. The Hall–Kier alpha value is -2.45. The lowest BCUT2D eigenvalue weighted by Gasteiger charge is -2.17. The predicted octanol–water partition coefficient (Wildman–Crippen LogP) is 0.781. The van der Waals surface area contributed by atoms with Gasteiger partial charge in [-0.2, -0.15) is 5.10 Å². The Morgan fingerprint density at radius 1 is 1.32 bits per heavy atom. The van der Waals surface area contributed by atoms with Crippen LogP contribution in [0, 0.1) is 0 Å². The van der Waals surface area contributed by atoms with Crippen molar-refractivity contribution in [3.05, 3.63) is 30.1 Å². The van der Waals surface area contributed by atoms with Crippen molar-refractivity contribution < 1.29 is 24.1 Å². The number of aliphatic hydroxyl groups is 1. The maximum Gasteiger partial charge on any atom is 0.231 e. The lowest BCUT2D eigenvalue weighted by atomic mass is 10.1. The van der Waals surface area contributed by atoms with E-state index in [2.05, 4.69) is 10.00 Å². The molecule has 0 saturated carbocycles. The molecule has 8 heteroatoms. The van der Waals surface area contributed by atoms with Crippen LogP contribution in [-0.4, -0.2) is 59.0 Å². The van der Waals surface area contributed by atoms with Gasteiger partial charge in [-0.25, -0.2) is 0 Å². The topological polar surface area (TPSA) is 78.2 Å². The molecule has 2 atom stereocenters. The van der Waals surface area contributed by atoms with E-state index in [1.165, 1.54) is 0 Å². The summed E-state index contributed by atoms with van der Waals surface area (Å²) in [6, 6.07) is 3.89. The molecule has 1 N–H and O–H groups in total. The summed E-state index contributed by atoms with van der Waals surface area (Å²) in [6.45, 7) is 2.05. The zero-order valence-electron chi connectivity index (χ0n) is 14.2. The van der Waals surface area contributed by atoms with Gasteiger partial charge in [-0.15, -0.1) is 0 Å². The minimum atomic E-state index is -0.545. The maximum atomic E-state index is 10.3. The van der Waals surface area contributed by atoms with Crippen LogP contribution in [0.15, 0.2) is 24.5 Å². The normalized spacial score (nSPS) is 22.4. The van der Waals surface area contributed by atoms with Crippen molar-refractivity contribution in [3.63, 3.8) is 0 Å². The van der Waals surface area contributed by atoms with Crippen LogP contribution in [0.5, 0.6) is 23.0 Å². The van der Waals surface area contributed by atoms with E-state index in [0.717, 1.165) is 5.56 Å². The molecule has 25 heavy (non-hydrogen) atoms. The number of rotatable bonds is 5. The third-order valence-corrected chi connectivity index (χ3v) is 4.41.